The van der Waals surface area contributed by atoms with Gasteiger partial charge in [-0.25, -0.2) is 19.2 Å². The Bertz CT molecular complexity index is 4320. The average Bonchev–Trinajstić information content (AvgIpc) is 1.57. The molecular weight excluding hydrogens is 1600 g/mol. The molecule has 8 bridgehead atoms. The Kier molecular flexibility index (Phi) is 28.7. The van der Waals surface area contributed by atoms with E-state index < -0.39 is 243 Å². The number of allylic oxidation sites excluding steroid dienone is 6. The van der Waals surface area contributed by atoms with Gasteiger partial charge in [-0.3, -0.25) is 78.4 Å². The molecule has 2 unspecified atom stereocenters. The number of hydrogen-bond donors (Lipinski definition) is 4. The van der Waals surface area contributed by atoms with Gasteiger partial charge in [0.2, 0.25) is 35.4 Å². The van der Waals surface area contributed by atoms with Gasteiger partial charge in [0.25, 0.3) is 23.6 Å². The Morgan fingerprint density at radius 2 is 0.892 bits per heavy atom. The molecule has 16 atom stereocenters. The molecule has 4 saturated heterocycles. The number of amides is 12. The van der Waals surface area contributed by atoms with Crippen LogP contribution in [0.4, 0.5) is 21.0 Å². The number of rotatable bonds is 20. The van der Waals surface area contributed by atoms with E-state index in [9.17, 15) is 77.3 Å². The number of hydrogen-bond acceptors (Lipinski definition) is 24. The van der Waals surface area contributed by atoms with Crippen molar-refractivity contribution in [1.82, 2.24) is 40.3 Å². The van der Waals surface area contributed by atoms with E-state index in [0.29, 0.717) is 35.3 Å². The second-order valence-corrected chi connectivity index (χ2v) is 33.1. The van der Waals surface area contributed by atoms with E-state index >= 15 is 0 Å². The number of aryl methyl sites for hydroxylation is 2. The molecule has 650 valence electrons. The molecule has 2 aromatic rings. The number of fused-ring (bicyclic) bond motifs is 10. The Morgan fingerprint density at radius 1 is 0.550 bits per heavy atom. The number of anilines is 2. The van der Waals surface area contributed by atoms with E-state index in [2.05, 4.69) is 10.6 Å². The predicted octanol–water partition coefficient (Wildman–Crippen LogP) is 5.62. The Balaban J connectivity index is 0.900. The second kappa shape index (κ2) is 37.4. The number of halogens is 2. The van der Waals surface area contributed by atoms with E-state index in [4.69, 9.17) is 61.1 Å². The van der Waals surface area contributed by atoms with Gasteiger partial charge in [0.15, 0.2) is 11.4 Å². The molecule has 4 fully saturated rings. The monoisotopic (exact) mass is 1710 g/mol. The van der Waals surface area contributed by atoms with Crippen molar-refractivity contribution in [3.63, 3.8) is 0 Å². The molecule has 0 aromatic heterocycles. The highest BCUT2D eigenvalue weighted by atomic mass is 35.5. The average molecular weight is 1710 g/mol. The molecule has 120 heavy (non-hydrogen) atoms. The number of benzene rings is 2. The van der Waals surface area contributed by atoms with Gasteiger partial charge in [-0.05, 0) is 103 Å². The summed E-state index contributed by atoms with van der Waals surface area (Å²) in [6.07, 6.45) is -0.246. The molecule has 8 aliphatic rings. The number of ether oxygens (including phenoxy) is 8. The van der Waals surface area contributed by atoms with Crippen LogP contribution in [0, 0.1) is 25.7 Å². The highest BCUT2D eigenvalue weighted by molar-refractivity contribution is 6.35. The quantitative estimate of drug-likeness (QED) is 0.0410. The maximum atomic E-state index is 15.0. The lowest BCUT2D eigenvalue weighted by molar-refractivity contribution is -0.168. The molecule has 0 saturated carbocycles. The summed E-state index contributed by atoms with van der Waals surface area (Å²) < 4.78 is 48.3. The lowest BCUT2D eigenvalue weighted by Crippen LogP contribution is -2.63. The number of esters is 2. The van der Waals surface area contributed by atoms with Crippen molar-refractivity contribution in [3.05, 3.63) is 128 Å². The second-order valence-electron chi connectivity index (χ2n) is 32.4. The third-order valence-corrected chi connectivity index (χ3v) is 24.9. The molecule has 36 heteroatoms. The molecule has 34 nitrogen and oxygen atoms in total. The number of hydrazine groups is 1. The van der Waals surface area contributed by atoms with Crippen LogP contribution in [0.5, 0.6) is 0 Å². The summed E-state index contributed by atoms with van der Waals surface area (Å²) in [5.74, 6) is -11.6. The Labute approximate surface area is 705 Å². The summed E-state index contributed by atoms with van der Waals surface area (Å²) in [5, 5.41) is 31.3. The van der Waals surface area contributed by atoms with Crippen LogP contribution < -0.4 is 20.4 Å². The SMILES string of the molecule is CO[C@@H]1/C=C/C=C(\C)Cc2cc(C)c(Cl)c(c2)N(C)C(=O)C[C@H](OC(=O)[C@H](C)N(C)C(=O)CCN(C(=O)CCN2C(=O)C=CC2=O)N(CCC(=O)N(C)[C@@H](C)C(=O)O[C@H]2CC(=O)N(C)c3cc(cc(C)c3Cl)C/C(C)=C/C=C/[C@@H](OC)[C@@]3(O)CC(OC(=O)N3)[C@@H](C)[C@H]3O[C@]23C)C(=O)CCN2C(=O)C=CC2=O)[C@@]2(C)O[C@@H]2[C@H](C)C2C[C@@]1(O)NC(=O)O2. The molecule has 8 aliphatic heterocycles. The van der Waals surface area contributed by atoms with Crippen LogP contribution in [-0.4, -0.2) is 275 Å². The zero-order valence-electron chi connectivity index (χ0n) is 70.1. The van der Waals surface area contributed by atoms with Gasteiger partial charge < -0.3 is 67.7 Å². The van der Waals surface area contributed by atoms with Crippen molar-refractivity contribution >= 4 is 118 Å². The fraction of sp³-hybridized carbons (Fsp3) is 0.548. The Hall–Kier alpha value is -10.2. The minimum atomic E-state index is -1.99. The maximum absolute atomic E-state index is 15.0. The summed E-state index contributed by atoms with van der Waals surface area (Å²) >= 11 is 13.9. The van der Waals surface area contributed by atoms with Gasteiger partial charge in [0.05, 0.1) is 59.6 Å². The van der Waals surface area contributed by atoms with Crippen LogP contribution in [0.25, 0.3) is 0 Å². The van der Waals surface area contributed by atoms with Crippen molar-refractivity contribution in [3.8, 4) is 0 Å². The van der Waals surface area contributed by atoms with Crippen molar-refractivity contribution in [2.24, 2.45) is 11.8 Å². The van der Waals surface area contributed by atoms with Crippen molar-refractivity contribution in [1.29, 1.82) is 0 Å². The summed E-state index contributed by atoms with van der Waals surface area (Å²) in [6.45, 7) is 14.0. The fourth-order valence-electron chi connectivity index (χ4n) is 16.0. The summed E-state index contributed by atoms with van der Waals surface area (Å²) in [7, 11) is 8.23. The van der Waals surface area contributed by atoms with E-state index in [-0.39, 0.29) is 22.9 Å². The van der Waals surface area contributed by atoms with Gasteiger partial charge in [-0.1, -0.05) is 96.8 Å². The number of aliphatic hydroxyl groups is 2. The van der Waals surface area contributed by atoms with Crippen LogP contribution in [0.2, 0.25) is 10.0 Å². The topological polar surface area (TPSA) is 410 Å². The number of nitrogens with one attached hydrogen (secondary N) is 2. The van der Waals surface area contributed by atoms with E-state index in [1.165, 1.54) is 66.1 Å². The van der Waals surface area contributed by atoms with Gasteiger partial charge in [0, 0.05) is 130 Å². The third-order valence-electron chi connectivity index (χ3n) is 23.9. The third kappa shape index (κ3) is 20.4. The number of likely N-dealkylation sites (N-methyl/N-ethyl adjacent to an activating group) is 2. The minimum absolute atomic E-state index is 0.208. The number of imide groups is 2. The number of methoxy groups -OCH3 is 2. The highest BCUT2D eigenvalue weighted by Gasteiger charge is 2.66. The smallest absolute Gasteiger partial charge is 0.409 e. The number of alkyl carbamates (subject to hydrolysis) is 2. The van der Waals surface area contributed by atoms with Crippen molar-refractivity contribution in [2.75, 3.05) is 78.4 Å². The highest BCUT2D eigenvalue weighted by Crippen LogP contribution is 2.51. The molecule has 0 spiro atoms. The molecule has 0 aliphatic carbocycles. The number of carbonyl (C=O) groups excluding carboxylic acids is 14. The van der Waals surface area contributed by atoms with E-state index in [0.717, 1.165) is 76.2 Å². The summed E-state index contributed by atoms with van der Waals surface area (Å²) in [6, 6.07) is 4.24. The first-order chi connectivity index (χ1) is 56.4. The molecular formula is C84H106Cl2N10O24. The van der Waals surface area contributed by atoms with Gasteiger partial charge in [0.1, 0.15) is 59.9 Å². The molecule has 2 aromatic carbocycles. The molecule has 4 N–H and O–H groups in total. The number of epoxide rings is 2. The first kappa shape index (κ1) is 92.1. The first-order valence-corrected chi connectivity index (χ1v) is 40.4. The molecule has 12 amide bonds. The predicted molar refractivity (Wildman–Crippen MR) is 432 cm³/mol. The normalized spacial score (nSPS) is 30.2. The van der Waals surface area contributed by atoms with Crippen molar-refractivity contribution in [2.45, 2.75) is 217 Å². The van der Waals surface area contributed by atoms with Crippen LogP contribution in [0.3, 0.4) is 0 Å². The van der Waals surface area contributed by atoms with Crippen LogP contribution >= 0.6 is 23.2 Å². The van der Waals surface area contributed by atoms with Gasteiger partial charge in [-0.15, -0.1) is 0 Å². The zero-order valence-corrected chi connectivity index (χ0v) is 71.6. The van der Waals surface area contributed by atoms with Crippen LogP contribution in [0.1, 0.15) is 129 Å². The lowest BCUT2D eigenvalue weighted by atomic mass is 9.83. The Morgan fingerprint density at radius 3 is 1.23 bits per heavy atom. The summed E-state index contributed by atoms with van der Waals surface area (Å²) in [4.78, 5) is 203. The minimum Gasteiger partial charge on any atom is -0.457 e. The fourth-order valence-corrected chi connectivity index (χ4v) is 16.5. The first-order valence-electron chi connectivity index (χ1n) is 39.6. The molecule has 10 rings (SSSR count). The van der Waals surface area contributed by atoms with Gasteiger partial charge >= 0.3 is 24.1 Å². The van der Waals surface area contributed by atoms with Crippen LogP contribution in [0.15, 0.2) is 96.2 Å². The lowest BCUT2D eigenvalue weighted by Gasteiger charge is -2.42. The zero-order chi connectivity index (χ0) is 88.3. The standard InChI is InChI=1S/C84H106Cl2N10O24/c1-45-19-17-21-59(113-15)83(111)43-57(115-79(109)87-83)49(5)75-81(9,119-75)61(41-71(105)91(13)55-39-53(35-45)37-47(3)73(55)85)117-77(107)51(7)89(11)63(97)29-33-95(69(103)27-31-93-65(99)23-24-66(93)100)96(70(104)28-32-94-67(101)25-26-68(94)102)34-30-64(98)90(12)52(8)78(108)118-62-42-72(106)92(14)56-40-54(38-48(4)74(56)86)36-46(2)20-18-22-60(114-16)84(112)44-58(116-80(110)88-84)50(6)76-82(62,10)120-76/h17-26,37-40,49-52,57-62,75-76,111-112H,27-36,41-44H2,1-16H3,(H,87,109)(H,88,110)/b21-17+,22-18+,45-19+,46-20+/t49-,50-,51+,52+,57?,58?,59-,60-,61+,62+,75-,76-,81-,82-,83+,84+/m1/s1. The summed E-state index contributed by atoms with van der Waals surface area (Å²) in [5.41, 5.74) is -1.75. The van der Waals surface area contributed by atoms with E-state index in [1.807, 2.05) is 38.1 Å². The van der Waals surface area contributed by atoms with Crippen LogP contribution in [-0.2, 0) is 108 Å². The van der Waals surface area contributed by atoms with E-state index in [1.54, 1.807) is 78.0 Å². The molecule has 8 heterocycles. The largest absolute Gasteiger partial charge is 0.457 e. The van der Waals surface area contributed by atoms with Gasteiger partial charge in [-0.2, -0.15) is 0 Å². The number of carbonyl (C=O) groups is 14. The number of nitrogens with zero attached hydrogens (tertiary/aromatic N) is 8. The van der Waals surface area contributed by atoms with Crippen molar-refractivity contribution < 1.29 is 115 Å². The maximum Gasteiger partial charge on any atom is 0.409 e. The molecule has 0 radical (unpaired) electrons.